The summed E-state index contributed by atoms with van der Waals surface area (Å²) in [6, 6.07) is 0. The highest BCUT2D eigenvalue weighted by Crippen LogP contribution is 2.02. The molecule has 10 heavy (non-hydrogen) atoms. The van der Waals surface area contributed by atoms with Gasteiger partial charge in [-0.1, -0.05) is 13.8 Å². The molecule has 0 radical (unpaired) electrons. The number of methoxy groups -OCH3 is 1. The van der Waals surface area contributed by atoms with Crippen molar-refractivity contribution in [2.75, 3.05) is 7.11 Å². The van der Waals surface area contributed by atoms with Crippen LogP contribution in [0.1, 0.15) is 13.8 Å². The number of carbonyl (C=O) groups is 1. The summed E-state index contributed by atoms with van der Waals surface area (Å²) in [7, 11) is 1.35. The van der Waals surface area contributed by atoms with Crippen LogP contribution in [0.15, 0.2) is 11.8 Å². The zero-order valence-electron chi connectivity index (χ0n) is 6.42. The second kappa shape index (κ2) is 3.93. The Hall–Kier alpha value is -0.990. The third kappa shape index (κ3) is 3.12. The van der Waals surface area contributed by atoms with Crippen molar-refractivity contribution in [3.05, 3.63) is 11.8 Å². The van der Waals surface area contributed by atoms with Crippen LogP contribution in [0.4, 0.5) is 0 Å². The highest BCUT2D eigenvalue weighted by molar-refractivity contribution is 5.84. The van der Waals surface area contributed by atoms with E-state index in [9.17, 15) is 4.79 Å². The van der Waals surface area contributed by atoms with E-state index in [1.807, 2.05) is 13.8 Å². The van der Waals surface area contributed by atoms with Crippen molar-refractivity contribution in [2.45, 2.75) is 13.8 Å². The largest absolute Gasteiger partial charge is 0.490 e. The van der Waals surface area contributed by atoms with Gasteiger partial charge in [-0.2, -0.15) is 0 Å². The lowest BCUT2D eigenvalue weighted by molar-refractivity contribution is -0.136. The Balaban J connectivity index is 4.19. The van der Waals surface area contributed by atoms with E-state index >= 15 is 0 Å². The van der Waals surface area contributed by atoms with Crippen molar-refractivity contribution in [1.82, 2.24) is 0 Å². The minimum atomic E-state index is -1.02. The Morgan fingerprint density at radius 2 is 2.10 bits per heavy atom. The maximum Gasteiger partial charge on any atom is 0.370 e. The van der Waals surface area contributed by atoms with Crippen LogP contribution in [0.5, 0.6) is 0 Å². The highest BCUT2D eigenvalue weighted by Gasteiger charge is 2.05. The molecule has 0 aromatic carbocycles. The van der Waals surface area contributed by atoms with Gasteiger partial charge in [0.2, 0.25) is 0 Å². The number of carboxylic acid groups (broad SMARTS) is 1. The molecule has 0 fully saturated rings. The van der Waals surface area contributed by atoms with Crippen LogP contribution in [-0.2, 0) is 9.53 Å². The Morgan fingerprint density at radius 3 is 2.20 bits per heavy atom. The Morgan fingerprint density at radius 1 is 1.60 bits per heavy atom. The first kappa shape index (κ1) is 9.01. The number of ether oxygens (including phenoxy) is 1. The summed E-state index contributed by atoms with van der Waals surface area (Å²) in [6.07, 6.45) is 1.56. The summed E-state index contributed by atoms with van der Waals surface area (Å²) in [5.41, 5.74) is 0. The number of carboxylic acids is 1. The summed E-state index contributed by atoms with van der Waals surface area (Å²) >= 11 is 0. The molecule has 0 bridgehead atoms. The monoisotopic (exact) mass is 144 g/mol. The van der Waals surface area contributed by atoms with Crippen LogP contribution in [0, 0.1) is 5.92 Å². The molecular weight excluding hydrogens is 132 g/mol. The summed E-state index contributed by atoms with van der Waals surface area (Å²) in [6.45, 7) is 3.78. The molecular formula is C7H12O3. The van der Waals surface area contributed by atoms with E-state index in [0.29, 0.717) is 0 Å². The zero-order valence-corrected chi connectivity index (χ0v) is 6.42. The van der Waals surface area contributed by atoms with E-state index in [1.165, 1.54) is 7.11 Å². The van der Waals surface area contributed by atoms with E-state index in [0.717, 1.165) is 0 Å². The van der Waals surface area contributed by atoms with Gasteiger partial charge in [0.25, 0.3) is 0 Å². The summed E-state index contributed by atoms with van der Waals surface area (Å²) in [5.74, 6) is -0.808. The van der Waals surface area contributed by atoms with Crippen LogP contribution in [-0.4, -0.2) is 18.2 Å². The van der Waals surface area contributed by atoms with Crippen molar-refractivity contribution in [3.8, 4) is 0 Å². The summed E-state index contributed by atoms with van der Waals surface area (Å²) in [5, 5.41) is 8.43. The van der Waals surface area contributed by atoms with Crippen molar-refractivity contribution >= 4 is 5.97 Å². The molecule has 0 unspecified atom stereocenters. The molecule has 3 nitrogen and oxygen atoms in total. The number of hydrogen-bond acceptors (Lipinski definition) is 2. The molecule has 0 aromatic rings. The van der Waals surface area contributed by atoms with Gasteiger partial charge in [-0.3, -0.25) is 0 Å². The lowest BCUT2D eigenvalue weighted by atomic mass is 10.2. The third-order valence-corrected chi connectivity index (χ3v) is 0.915. The average molecular weight is 144 g/mol. The van der Waals surface area contributed by atoms with Crippen molar-refractivity contribution in [1.29, 1.82) is 0 Å². The molecule has 0 aromatic heterocycles. The van der Waals surface area contributed by atoms with Gasteiger partial charge in [-0.25, -0.2) is 4.79 Å². The fourth-order valence-electron chi connectivity index (χ4n) is 0.529. The quantitative estimate of drug-likeness (QED) is 0.479. The van der Waals surface area contributed by atoms with Crippen LogP contribution in [0.2, 0.25) is 0 Å². The van der Waals surface area contributed by atoms with Crippen LogP contribution in [0.3, 0.4) is 0 Å². The molecule has 0 aliphatic carbocycles. The number of rotatable bonds is 3. The van der Waals surface area contributed by atoms with E-state index < -0.39 is 5.97 Å². The molecule has 1 N–H and O–H groups in total. The molecule has 0 aliphatic heterocycles. The zero-order chi connectivity index (χ0) is 8.15. The van der Waals surface area contributed by atoms with Crippen molar-refractivity contribution in [2.24, 2.45) is 5.92 Å². The maximum absolute atomic E-state index is 10.3. The number of allylic oxidation sites excluding steroid dienone is 1. The SMILES string of the molecule is COC(=CC(C)C)C(=O)O. The van der Waals surface area contributed by atoms with Gasteiger partial charge in [0.15, 0.2) is 5.76 Å². The second-order valence-electron chi connectivity index (χ2n) is 2.28. The average Bonchev–Trinajstić information content (AvgIpc) is 1.81. The predicted octanol–water partition coefficient (Wildman–Crippen LogP) is 1.26. The van der Waals surface area contributed by atoms with E-state index in [-0.39, 0.29) is 11.7 Å². The van der Waals surface area contributed by atoms with Gasteiger partial charge < -0.3 is 9.84 Å². The third-order valence-electron chi connectivity index (χ3n) is 0.915. The Kier molecular flexibility index (Phi) is 3.54. The van der Waals surface area contributed by atoms with E-state index in [1.54, 1.807) is 6.08 Å². The van der Waals surface area contributed by atoms with Crippen LogP contribution >= 0.6 is 0 Å². The number of hydrogen-bond donors (Lipinski definition) is 1. The second-order valence-corrected chi connectivity index (χ2v) is 2.28. The molecule has 0 saturated heterocycles. The Labute approximate surface area is 60.3 Å². The normalized spacial score (nSPS) is 11.8. The van der Waals surface area contributed by atoms with Crippen LogP contribution < -0.4 is 0 Å². The van der Waals surface area contributed by atoms with Gasteiger partial charge in [0, 0.05) is 0 Å². The molecule has 0 saturated carbocycles. The molecule has 0 rings (SSSR count). The predicted molar refractivity (Wildman–Crippen MR) is 37.6 cm³/mol. The first-order valence-electron chi connectivity index (χ1n) is 3.07. The molecule has 0 heterocycles. The molecule has 58 valence electrons. The van der Waals surface area contributed by atoms with Gasteiger partial charge in [-0.05, 0) is 12.0 Å². The summed E-state index contributed by atoms with van der Waals surface area (Å²) < 4.78 is 4.58. The van der Waals surface area contributed by atoms with E-state index in [4.69, 9.17) is 5.11 Å². The van der Waals surface area contributed by atoms with Crippen LogP contribution in [0.25, 0.3) is 0 Å². The maximum atomic E-state index is 10.3. The molecule has 0 spiro atoms. The number of aliphatic carboxylic acids is 1. The van der Waals surface area contributed by atoms with Gasteiger partial charge in [0.1, 0.15) is 0 Å². The first-order valence-corrected chi connectivity index (χ1v) is 3.07. The lowest BCUT2D eigenvalue weighted by Gasteiger charge is -2.00. The minimum absolute atomic E-state index is 0.00926. The highest BCUT2D eigenvalue weighted by atomic mass is 16.5. The fraction of sp³-hybridized carbons (Fsp3) is 0.571. The van der Waals surface area contributed by atoms with Gasteiger partial charge in [0.05, 0.1) is 7.11 Å². The molecule has 3 heteroatoms. The van der Waals surface area contributed by atoms with E-state index in [2.05, 4.69) is 4.74 Å². The smallest absolute Gasteiger partial charge is 0.370 e. The summed E-state index contributed by atoms with van der Waals surface area (Å²) in [4.78, 5) is 10.3. The van der Waals surface area contributed by atoms with Gasteiger partial charge >= 0.3 is 5.97 Å². The van der Waals surface area contributed by atoms with Crippen molar-refractivity contribution < 1.29 is 14.6 Å². The standard InChI is InChI=1S/C7H12O3/c1-5(2)4-6(10-3)7(8)9/h4-5H,1-3H3,(H,8,9). The fourth-order valence-corrected chi connectivity index (χ4v) is 0.529. The van der Waals surface area contributed by atoms with Crippen molar-refractivity contribution in [3.63, 3.8) is 0 Å². The topological polar surface area (TPSA) is 46.5 Å². The molecule has 0 amide bonds. The minimum Gasteiger partial charge on any atom is -0.490 e. The molecule has 0 aliphatic rings. The molecule has 0 atom stereocenters. The first-order chi connectivity index (χ1) is 4.57. The Bertz CT molecular complexity index is 147. The van der Waals surface area contributed by atoms with Gasteiger partial charge in [-0.15, -0.1) is 0 Å². The lowest BCUT2D eigenvalue weighted by Crippen LogP contribution is -2.03.